The van der Waals surface area contributed by atoms with Crippen LogP contribution in [0.5, 0.6) is 0 Å². The van der Waals surface area contributed by atoms with Gasteiger partial charge < -0.3 is 0 Å². The summed E-state index contributed by atoms with van der Waals surface area (Å²) in [4.78, 5) is 0. The predicted molar refractivity (Wildman–Crippen MR) is 111 cm³/mol. The van der Waals surface area contributed by atoms with Gasteiger partial charge in [0.2, 0.25) is 6.71 Å². The molecule has 1 unspecified atom stereocenters. The molecular weight excluding hydrogens is 498 g/mol. The molecule has 0 aliphatic carbocycles. The molecule has 3 rings (SSSR count). The smallest absolute Gasteiger partial charge is 0.204 e. The average Bonchev–Trinajstić information content (AvgIpc) is 3.37. The van der Waals surface area contributed by atoms with Crippen LogP contribution in [0.4, 0.5) is 43.9 Å². The molecule has 2 aromatic rings. The lowest BCUT2D eigenvalue weighted by Gasteiger charge is -2.29. The predicted octanol–water partition coefficient (Wildman–Crippen LogP) is 5.49. The summed E-state index contributed by atoms with van der Waals surface area (Å²) in [5.74, 6) is -22.7. The van der Waals surface area contributed by atoms with E-state index in [9.17, 15) is 43.9 Å². The Kier molecular flexibility index (Phi) is 7.72. The highest BCUT2D eigenvalue weighted by Crippen LogP contribution is 2.61. The van der Waals surface area contributed by atoms with Gasteiger partial charge in [0.05, 0.1) is 18.6 Å². The molecule has 0 saturated carbocycles. The molecule has 1 heterocycles. The average molecular weight is 516 g/mol. The zero-order valence-electron chi connectivity index (χ0n) is 17.8. The van der Waals surface area contributed by atoms with Gasteiger partial charge in [0.25, 0.3) is 0 Å². The van der Waals surface area contributed by atoms with Gasteiger partial charge in [0, 0.05) is 24.0 Å². The molecule has 0 radical (unpaired) electrons. The Morgan fingerprint density at radius 2 is 1.00 bits per heavy atom. The molecular formula is C21H18BF10NP+. The minimum Gasteiger partial charge on any atom is -0.204 e. The van der Waals surface area contributed by atoms with Gasteiger partial charge in [-0.3, -0.25) is 0 Å². The Morgan fingerprint density at radius 1 is 0.676 bits per heavy atom. The van der Waals surface area contributed by atoms with Gasteiger partial charge in [0.15, 0.2) is 58.2 Å². The number of nitrogens with zero attached hydrogens (tertiary/aromatic N) is 1. The Bertz CT molecular complexity index is 1010. The third-order valence-corrected chi connectivity index (χ3v) is 9.82. The van der Waals surface area contributed by atoms with Crippen LogP contribution in [-0.2, 0) is 0 Å². The van der Waals surface area contributed by atoms with E-state index in [1.807, 2.05) is 4.67 Å². The number of halogens is 10. The highest BCUT2D eigenvalue weighted by atomic mass is 31.2. The molecule has 0 bridgehead atoms. The molecule has 13 heteroatoms. The van der Waals surface area contributed by atoms with Crippen LogP contribution in [0, 0.1) is 58.2 Å². The highest BCUT2D eigenvalue weighted by Gasteiger charge is 2.44. The number of rotatable bonds is 7. The van der Waals surface area contributed by atoms with Crippen LogP contribution in [0.25, 0.3) is 0 Å². The van der Waals surface area contributed by atoms with Crippen LogP contribution in [0.15, 0.2) is 12.4 Å². The monoisotopic (exact) mass is 516 g/mol. The molecule has 2 aromatic carbocycles. The van der Waals surface area contributed by atoms with Gasteiger partial charge in [-0.25, -0.2) is 43.9 Å². The third kappa shape index (κ3) is 4.35. The molecule has 1 nitrogen and oxygen atoms in total. The van der Waals surface area contributed by atoms with Crippen molar-refractivity contribution in [2.24, 2.45) is 0 Å². The van der Waals surface area contributed by atoms with Crippen LogP contribution < -0.4 is 10.9 Å². The van der Waals surface area contributed by atoms with Gasteiger partial charge in [-0.05, 0) is 19.2 Å². The molecule has 0 spiro atoms. The van der Waals surface area contributed by atoms with E-state index in [1.54, 1.807) is 12.5 Å². The first-order valence-corrected chi connectivity index (χ1v) is 12.6. The van der Waals surface area contributed by atoms with Gasteiger partial charge in [-0.2, -0.15) is 4.67 Å². The maximum Gasteiger partial charge on any atom is 0.228 e. The van der Waals surface area contributed by atoms with Gasteiger partial charge in [0.1, 0.15) is 7.41 Å². The zero-order valence-corrected chi connectivity index (χ0v) is 18.7. The van der Waals surface area contributed by atoms with E-state index >= 15 is 0 Å². The van der Waals surface area contributed by atoms with Crippen molar-refractivity contribution in [2.45, 2.75) is 19.2 Å². The van der Waals surface area contributed by atoms with Crippen molar-refractivity contribution in [3.05, 3.63) is 70.6 Å². The van der Waals surface area contributed by atoms with E-state index < -0.39 is 89.5 Å². The van der Waals surface area contributed by atoms with Gasteiger partial charge in [-0.1, -0.05) is 6.58 Å². The second-order valence-electron chi connectivity index (χ2n) is 8.09. The normalized spacial score (nSPS) is 16.1. The zero-order chi connectivity index (χ0) is 25.5. The maximum absolute atomic E-state index is 14.6. The minimum absolute atomic E-state index is 0.0971. The topological polar surface area (TPSA) is 3.24 Å². The summed E-state index contributed by atoms with van der Waals surface area (Å²) >= 11 is 0. The largest absolute Gasteiger partial charge is 0.228 e. The molecule has 1 saturated heterocycles. The van der Waals surface area contributed by atoms with E-state index in [2.05, 4.69) is 6.58 Å². The molecule has 1 aliphatic heterocycles. The summed E-state index contributed by atoms with van der Waals surface area (Å²) < 4.78 is 143. The van der Waals surface area contributed by atoms with Crippen molar-refractivity contribution in [2.75, 3.05) is 25.9 Å². The fourth-order valence-corrected chi connectivity index (χ4v) is 6.86. The molecule has 0 amide bonds. The van der Waals surface area contributed by atoms with Crippen molar-refractivity contribution in [1.82, 2.24) is 4.67 Å². The van der Waals surface area contributed by atoms with E-state index in [4.69, 9.17) is 0 Å². The fraction of sp³-hybridized carbons (Fsp3) is 0.333. The highest BCUT2D eigenvalue weighted by molar-refractivity contribution is 7.76. The summed E-state index contributed by atoms with van der Waals surface area (Å²) in [6.45, 7) is 4.33. The van der Waals surface area contributed by atoms with Crippen molar-refractivity contribution >= 4 is 25.1 Å². The minimum atomic E-state index is -2.52. The molecule has 1 aliphatic rings. The first-order valence-electron chi connectivity index (χ1n) is 10.1. The number of hydrogen-bond acceptors (Lipinski definition) is 1. The van der Waals surface area contributed by atoms with Gasteiger partial charge >= 0.3 is 0 Å². The Morgan fingerprint density at radius 3 is 1.32 bits per heavy atom. The van der Waals surface area contributed by atoms with E-state index in [1.165, 1.54) is 0 Å². The van der Waals surface area contributed by atoms with Crippen LogP contribution in [0.3, 0.4) is 0 Å². The van der Waals surface area contributed by atoms with Crippen molar-refractivity contribution in [3.63, 3.8) is 0 Å². The molecule has 0 aromatic heterocycles. The molecule has 34 heavy (non-hydrogen) atoms. The van der Waals surface area contributed by atoms with Crippen molar-refractivity contribution in [3.8, 4) is 0 Å². The van der Waals surface area contributed by atoms with Crippen LogP contribution >= 0.6 is 7.41 Å². The van der Waals surface area contributed by atoms with Crippen LogP contribution in [-0.4, -0.2) is 37.3 Å². The van der Waals surface area contributed by atoms with Crippen LogP contribution in [0.1, 0.15) is 12.8 Å². The Hall–Kier alpha value is -2.07. The van der Waals surface area contributed by atoms with E-state index in [-0.39, 0.29) is 6.16 Å². The van der Waals surface area contributed by atoms with Crippen LogP contribution in [0.2, 0.25) is 6.32 Å². The second-order valence-corrected chi connectivity index (χ2v) is 11.9. The lowest BCUT2D eigenvalue weighted by Crippen LogP contribution is -2.51. The third-order valence-electron chi connectivity index (χ3n) is 6.18. The molecule has 1 atom stereocenters. The quantitative estimate of drug-likeness (QED) is 0.155. The van der Waals surface area contributed by atoms with Crippen molar-refractivity contribution in [1.29, 1.82) is 0 Å². The second kappa shape index (κ2) is 9.89. The lowest BCUT2D eigenvalue weighted by atomic mass is 9.38. The Balaban J connectivity index is 2.24. The SMILES string of the molecule is C=C[P+](C)(CCB(c1c(F)c(F)c(F)c(F)c1F)c1c(F)c(F)c(F)c(F)c1F)N1CCCC1. The van der Waals surface area contributed by atoms with E-state index in [0.29, 0.717) is 13.1 Å². The molecule has 1 fully saturated rings. The van der Waals surface area contributed by atoms with Crippen molar-refractivity contribution < 1.29 is 43.9 Å². The number of hydrogen-bond donors (Lipinski definition) is 0. The molecule has 0 N–H and O–H groups in total. The first-order chi connectivity index (χ1) is 15.9. The summed E-state index contributed by atoms with van der Waals surface area (Å²) in [6, 6.07) is 0. The Labute approximate surface area is 189 Å². The number of benzene rings is 2. The summed E-state index contributed by atoms with van der Waals surface area (Å²) in [6.07, 6.45) is 0.869. The fourth-order valence-electron chi connectivity index (χ4n) is 4.18. The lowest BCUT2D eigenvalue weighted by molar-refractivity contribution is 0.382. The van der Waals surface area contributed by atoms with Gasteiger partial charge in [-0.15, -0.1) is 0 Å². The first kappa shape index (κ1) is 26.5. The summed E-state index contributed by atoms with van der Waals surface area (Å²) in [5, 5.41) is 0. The maximum atomic E-state index is 14.6. The summed E-state index contributed by atoms with van der Waals surface area (Å²) in [5.41, 5.74) is -3.34. The van der Waals surface area contributed by atoms with E-state index in [0.717, 1.165) is 12.8 Å². The molecule has 184 valence electrons. The summed E-state index contributed by atoms with van der Waals surface area (Å²) in [7, 11) is -2.34. The standard InChI is InChI=1S/C21H18BF10NP/c1-3-34(2,33-7-4-5-8-33)9-6-22(10-12(23)16(27)20(31)17(28)13(10)24)11-14(25)18(29)21(32)19(30)15(11)26/h3H,1,4-9H2,2H3/q+1.